The third kappa shape index (κ3) is 3.72. The van der Waals surface area contributed by atoms with E-state index in [1.807, 2.05) is 36.6 Å². The summed E-state index contributed by atoms with van der Waals surface area (Å²) >= 11 is 7.44. The first-order chi connectivity index (χ1) is 14.0. The molecule has 0 aliphatic carbocycles. The minimum atomic E-state index is -0.512. The van der Waals surface area contributed by atoms with Crippen molar-refractivity contribution in [2.45, 2.75) is 6.92 Å². The van der Waals surface area contributed by atoms with Crippen LogP contribution in [0.2, 0.25) is 5.02 Å². The lowest BCUT2D eigenvalue weighted by atomic mass is 10.1. The van der Waals surface area contributed by atoms with Gasteiger partial charge in [0.15, 0.2) is 0 Å². The predicted octanol–water partition coefficient (Wildman–Crippen LogP) is 5.98. The molecule has 1 N–H and O–H groups in total. The molecule has 0 saturated carbocycles. The van der Waals surface area contributed by atoms with E-state index in [1.54, 1.807) is 13.2 Å². The third-order valence-electron chi connectivity index (χ3n) is 4.35. The van der Waals surface area contributed by atoms with E-state index in [9.17, 15) is 10.1 Å². The number of fused-ring (bicyclic) bond motifs is 1. The topological polar surface area (TPSA) is 90.2 Å². The molecule has 0 amide bonds. The van der Waals surface area contributed by atoms with Crippen LogP contribution in [0.25, 0.3) is 21.3 Å². The van der Waals surface area contributed by atoms with Crippen LogP contribution >= 0.6 is 22.9 Å². The third-order valence-corrected chi connectivity index (χ3v) is 5.54. The number of aryl methyl sites for hydroxylation is 1. The van der Waals surface area contributed by atoms with Gasteiger partial charge in [-0.2, -0.15) is 0 Å². The second kappa shape index (κ2) is 7.65. The van der Waals surface area contributed by atoms with Gasteiger partial charge in [0.05, 0.1) is 17.4 Å². The molecule has 0 unspecified atom stereocenters. The van der Waals surface area contributed by atoms with Gasteiger partial charge in [-0.3, -0.25) is 10.1 Å². The molecule has 146 valence electrons. The quantitative estimate of drug-likeness (QED) is 0.312. The van der Waals surface area contributed by atoms with Crippen LogP contribution in [0.3, 0.4) is 0 Å². The first kappa shape index (κ1) is 19.1. The number of anilines is 2. The van der Waals surface area contributed by atoms with E-state index in [-0.39, 0.29) is 10.7 Å². The van der Waals surface area contributed by atoms with Crippen molar-refractivity contribution in [3.63, 3.8) is 0 Å². The Bertz CT molecular complexity index is 1220. The Hall–Kier alpha value is -3.23. The fraction of sp³-hybridized carbons (Fsp3) is 0.100. The normalized spacial score (nSPS) is 10.9. The summed E-state index contributed by atoms with van der Waals surface area (Å²) in [5.74, 6) is 1.95. The van der Waals surface area contributed by atoms with Crippen molar-refractivity contribution in [1.29, 1.82) is 0 Å². The Balaban J connectivity index is 1.83. The van der Waals surface area contributed by atoms with Gasteiger partial charge in [0.25, 0.3) is 5.69 Å². The fourth-order valence-corrected chi connectivity index (χ4v) is 4.17. The molecule has 7 nitrogen and oxygen atoms in total. The lowest BCUT2D eigenvalue weighted by molar-refractivity contribution is -0.384. The lowest BCUT2D eigenvalue weighted by Crippen LogP contribution is -1.99. The largest absolute Gasteiger partial charge is 0.497 e. The van der Waals surface area contributed by atoms with Gasteiger partial charge in [-0.15, -0.1) is 11.3 Å². The first-order valence-corrected chi connectivity index (χ1v) is 9.83. The van der Waals surface area contributed by atoms with E-state index in [1.165, 1.54) is 23.5 Å². The van der Waals surface area contributed by atoms with Crippen molar-refractivity contribution >= 4 is 50.3 Å². The molecular weight excluding hydrogens is 412 g/mol. The van der Waals surface area contributed by atoms with Crippen LogP contribution in [0.1, 0.15) is 5.82 Å². The summed E-state index contributed by atoms with van der Waals surface area (Å²) in [6.07, 6.45) is 0. The maximum atomic E-state index is 11.2. The standard InChI is InChI=1S/C20H15ClN4O3S/c1-11-22-19(24-13-5-8-16(21)17(9-13)25(26)27)18-15(10-29-20(18)23-11)12-3-6-14(28-2)7-4-12/h3-10H,1-2H3,(H,22,23,24). The molecule has 0 aliphatic rings. The zero-order valence-corrected chi connectivity index (χ0v) is 17.0. The first-order valence-electron chi connectivity index (χ1n) is 8.57. The van der Waals surface area contributed by atoms with Crippen molar-refractivity contribution < 1.29 is 9.66 Å². The van der Waals surface area contributed by atoms with Crippen molar-refractivity contribution in [2.75, 3.05) is 12.4 Å². The molecule has 0 saturated heterocycles. The molecule has 0 bridgehead atoms. The number of nitro groups is 1. The minimum absolute atomic E-state index is 0.0824. The Morgan fingerprint density at radius 3 is 2.62 bits per heavy atom. The maximum Gasteiger partial charge on any atom is 0.289 e. The van der Waals surface area contributed by atoms with E-state index in [4.69, 9.17) is 16.3 Å². The number of nitrogens with one attached hydrogen (secondary N) is 1. The van der Waals surface area contributed by atoms with Crippen molar-refractivity contribution in [2.24, 2.45) is 0 Å². The molecule has 2 aromatic heterocycles. The molecule has 0 aliphatic heterocycles. The van der Waals surface area contributed by atoms with Gasteiger partial charge in [0.1, 0.15) is 27.2 Å². The number of aromatic nitrogens is 2. The van der Waals surface area contributed by atoms with E-state index < -0.39 is 4.92 Å². The van der Waals surface area contributed by atoms with Gasteiger partial charge >= 0.3 is 0 Å². The van der Waals surface area contributed by atoms with Crippen molar-refractivity contribution in [1.82, 2.24) is 9.97 Å². The Morgan fingerprint density at radius 2 is 1.93 bits per heavy atom. The maximum absolute atomic E-state index is 11.2. The van der Waals surface area contributed by atoms with Gasteiger partial charge in [0, 0.05) is 22.7 Å². The molecular formula is C20H15ClN4O3S. The number of nitro benzene ring substituents is 1. The van der Waals surface area contributed by atoms with Gasteiger partial charge in [-0.25, -0.2) is 9.97 Å². The number of ether oxygens (including phenoxy) is 1. The van der Waals surface area contributed by atoms with Crippen LogP contribution < -0.4 is 10.1 Å². The van der Waals surface area contributed by atoms with E-state index in [2.05, 4.69) is 15.3 Å². The molecule has 0 spiro atoms. The summed E-state index contributed by atoms with van der Waals surface area (Å²) < 4.78 is 5.23. The van der Waals surface area contributed by atoms with Gasteiger partial charge < -0.3 is 10.1 Å². The zero-order valence-electron chi connectivity index (χ0n) is 15.5. The van der Waals surface area contributed by atoms with E-state index >= 15 is 0 Å². The van der Waals surface area contributed by atoms with Crippen LogP contribution in [0, 0.1) is 17.0 Å². The number of rotatable bonds is 5. The summed E-state index contributed by atoms with van der Waals surface area (Å²) in [4.78, 5) is 20.6. The van der Waals surface area contributed by atoms with Gasteiger partial charge in [0.2, 0.25) is 0 Å². The molecule has 29 heavy (non-hydrogen) atoms. The highest BCUT2D eigenvalue weighted by molar-refractivity contribution is 7.17. The summed E-state index contributed by atoms with van der Waals surface area (Å²) in [6.45, 7) is 1.81. The average Bonchev–Trinajstić information content (AvgIpc) is 3.13. The molecule has 2 heterocycles. The highest BCUT2D eigenvalue weighted by atomic mass is 35.5. The number of thiophene rings is 1. The number of methoxy groups -OCH3 is 1. The SMILES string of the molecule is COc1ccc(-c2csc3nc(C)nc(Nc4ccc(Cl)c([N+](=O)[O-])c4)c23)cc1. The molecule has 0 radical (unpaired) electrons. The average molecular weight is 427 g/mol. The molecule has 9 heteroatoms. The second-order valence-corrected chi connectivity index (χ2v) is 7.49. The molecule has 2 aromatic carbocycles. The lowest BCUT2D eigenvalue weighted by Gasteiger charge is -2.10. The number of hydrogen-bond donors (Lipinski definition) is 1. The highest BCUT2D eigenvalue weighted by Crippen LogP contribution is 2.39. The van der Waals surface area contributed by atoms with Crippen molar-refractivity contribution in [3.8, 4) is 16.9 Å². The predicted molar refractivity (Wildman–Crippen MR) is 116 cm³/mol. The van der Waals surface area contributed by atoms with Crippen LogP contribution in [-0.2, 0) is 0 Å². The van der Waals surface area contributed by atoms with E-state index in [0.717, 1.165) is 27.1 Å². The van der Waals surface area contributed by atoms with Crippen LogP contribution in [0.4, 0.5) is 17.2 Å². The molecule has 0 fully saturated rings. The van der Waals surface area contributed by atoms with Gasteiger partial charge in [-0.05, 0) is 36.8 Å². The van der Waals surface area contributed by atoms with Crippen LogP contribution in [-0.4, -0.2) is 22.0 Å². The number of benzene rings is 2. The second-order valence-electron chi connectivity index (χ2n) is 6.23. The highest BCUT2D eigenvalue weighted by Gasteiger charge is 2.17. The summed E-state index contributed by atoms with van der Waals surface area (Å²) in [7, 11) is 1.62. The molecule has 4 rings (SSSR count). The summed E-state index contributed by atoms with van der Waals surface area (Å²) in [5, 5.41) is 17.4. The number of hydrogen-bond acceptors (Lipinski definition) is 7. The minimum Gasteiger partial charge on any atom is -0.497 e. The van der Waals surface area contributed by atoms with E-state index in [0.29, 0.717) is 17.3 Å². The Morgan fingerprint density at radius 1 is 1.17 bits per heavy atom. The fourth-order valence-electron chi connectivity index (χ4n) is 2.99. The number of halogens is 1. The summed E-state index contributed by atoms with van der Waals surface area (Å²) in [6, 6.07) is 12.3. The molecule has 4 aromatic rings. The zero-order chi connectivity index (χ0) is 20.5. The van der Waals surface area contributed by atoms with Crippen molar-refractivity contribution in [3.05, 3.63) is 68.8 Å². The van der Waals surface area contributed by atoms with Gasteiger partial charge in [-0.1, -0.05) is 23.7 Å². The Kier molecular flexibility index (Phi) is 5.04. The summed E-state index contributed by atoms with van der Waals surface area (Å²) in [5.41, 5.74) is 2.32. The number of nitrogens with zero attached hydrogens (tertiary/aromatic N) is 3. The van der Waals surface area contributed by atoms with Crippen LogP contribution in [0.5, 0.6) is 5.75 Å². The smallest absolute Gasteiger partial charge is 0.289 e. The Labute approximate surface area is 175 Å². The molecule has 0 atom stereocenters. The monoisotopic (exact) mass is 426 g/mol. The van der Waals surface area contributed by atoms with Crippen LogP contribution in [0.15, 0.2) is 47.8 Å².